The van der Waals surface area contributed by atoms with E-state index >= 15 is 0 Å². The van der Waals surface area contributed by atoms with Crippen LogP contribution < -0.4 is 5.73 Å². The van der Waals surface area contributed by atoms with Crippen LogP contribution in [0.3, 0.4) is 0 Å². The minimum absolute atomic E-state index is 0.0151. The summed E-state index contributed by atoms with van der Waals surface area (Å²) in [6.45, 7) is 2.66. The Hall–Kier alpha value is -1.23. The molecule has 2 N–H and O–H groups in total. The Morgan fingerprint density at radius 3 is 2.60 bits per heavy atom. The molecule has 30 heavy (non-hydrogen) atoms. The highest BCUT2D eigenvalue weighted by Crippen LogP contribution is 2.43. The van der Waals surface area contributed by atoms with Crippen LogP contribution in [-0.4, -0.2) is 97.1 Å². The van der Waals surface area contributed by atoms with Gasteiger partial charge in [-0.25, -0.2) is 8.42 Å². The lowest BCUT2D eigenvalue weighted by Gasteiger charge is -2.42. The fraction of sp³-hybridized carbons (Fsp3) is 0.850. The molecular weight excluding hydrogens is 408 g/mol. The number of piperazine rings is 1. The molecule has 2 amide bonds. The van der Waals surface area contributed by atoms with Gasteiger partial charge in [0.2, 0.25) is 15.9 Å². The van der Waals surface area contributed by atoms with Gasteiger partial charge in [-0.05, 0) is 51.4 Å². The van der Waals surface area contributed by atoms with Crippen LogP contribution in [0.5, 0.6) is 0 Å². The Labute approximate surface area is 178 Å². The SMILES string of the molecule is NC(=O)[C@]12C[CH]C[C@H](CC1)N2CCCS(=O)(=O)N1CCN(C(=O)C2CCCO2)CC1. The molecule has 0 aliphatic carbocycles. The smallest absolute Gasteiger partial charge is 0.251 e. The lowest BCUT2D eigenvalue weighted by atomic mass is 9.87. The van der Waals surface area contributed by atoms with Crippen molar-refractivity contribution in [3.8, 4) is 0 Å². The molecular formula is C20H33N4O5S. The van der Waals surface area contributed by atoms with Gasteiger partial charge in [0, 0.05) is 45.4 Å². The van der Waals surface area contributed by atoms with Gasteiger partial charge in [-0.1, -0.05) is 0 Å². The number of hydrogen-bond donors (Lipinski definition) is 1. The number of piperidine rings is 1. The molecule has 10 heteroatoms. The molecule has 4 rings (SSSR count). The Kier molecular flexibility index (Phi) is 6.39. The molecule has 0 spiro atoms. The fourth-order valence-corrected chi connectivity index (χ4v) is 6.98. The van der Waals surface area contributed by atoms with Crippen molar-refractivity contribution in [2.24, 2.45) is 5.73 Å². The maximum Gasteiger partial charge on any atom is 0.251 e. The second-order valence-electron chi connectivity index (χ2n) is 8.91. The summed E-state index contributed by atoms with van der Waals surface area (Å²) in [6.07, 6.45) is 7.20. The minimum atomic E-state index is -3.39. The van der Waals surface area contributed by atoms with E-state index < -0.39 is 15.6 Å². The van der Waals surface area contributed by atoms with E-state index in [9.17, 15) is 18.0 Å². The van der Waals surface area contributed by atoms with Crippen LogP contribution >= 0.6 is 0 Å². The number of ether oxygens (including phenoxy) is 1. The van der Waals surface area contributed by atoms with Gasteiger partial charge in [-0.3, -0.25) is 14.5 Å². The fourth-order valence-electron chi connectivity index (χ4n) is 5.50. The molecule has 1 unspecified atom stereocenters. The number of carbonyl (C=O) groups excluding carboxylic acids is 2. The molecule has 4 fully saturated rings. The zero-order valence-electron chi connectivity index (χ0n) is 17.5. The van der Waals surface area contributed by atoms with Gasteiger partial charge in [0.1, 0.15) is 11.6 Å². The van der Waals surface area contributed by atoms with Gasteiger partial charge in [0.05, 0.1) is 5.75 Å². The lowest BCUT2D eigenvalue weighted by molar-refractivity contribution is -0.142. The Morgan fingerprint density at radius 2 is 1.93 bits per heavy atom. The second-order valence-corrected chi connectivity index (χ2v) is 11.0. The summed E-state index contributed by atoms with van der Waals surface area (Å²) in [5.41, 5.74) is 5.09. The minimum Gasteiger partial charge on any atom is -0.368 e. The van der Waals surface area contributed by atoms with E-state index in [1.165, 1.54) is 4.31 Å². The summed E-state index contributed by atoms with van der Waals surface area (Å²) >= 11 is 0. The number of sulfonamides is 1. The third kappa shape index (κ3) is 4.11. The molecule has 4 aliphatic heterocycles. The van der Waals surface area contributed by atoms with Crippen molar-refractivity contribution < 1.29 is 22.7 Å². The zero-order valence-corrected chi connectivity index (χ0v) is 18.3. The number of amides is 2. The summed E-state index contributed by atoms with van der Waals surface area (Å²) in [7, 11) is -3.39. The first-order valence-electron chi connectivity index (χ1n) is 11.1. The van der Waals surface area contributed by atoms with E-state index in [0.717, 1.165) is 32.1 Å². The molecule has 169 valence electrons. The van der Waals surface area contributed by atoms with Crippen molar-refractivity contribution >= 4 is 21.8 Å². The van der Waals surface area contributed by atoms with Crippen molar-refractivity contribution in [2.75, 3.05) is 45.1 Å². The van der Waals surface area contributed by atoms with E-state index in [-0.39, 0.29) is 23.7 Å². The van der Waals surface area contributed by atoms with Crippen LogP contribution in [0, 0.1) is 6.42 Å². The van der Waals surface area contributed by atoms with Crippen molar-refractivity contribution in [1.29, 1.82) is 0 Å². The van der Waals surface area contributed by atoms with E-state index in [2.05, 4.69) is 11.3 Å². The first kappa shape index (κ1) is 22.0. The van der Waals surface area contributed by atoms with E-state index in [0.29, 0.717) is 58.2 Å². The Balaban J connectivity index is 1.27. The molecule has 3 atom stereocenters. The monoisotopic (exact) mass is 441 g/mol. The number of carbonyl (C=O) groups is 2. The van der Waals surface area contributed by atoms with Crippen LogP contribution in [-0.2, 0) is 24.3 Å². The topological polar surface area (TPSA) is 113 Å². The highest BCUT2D eigenvalue weighted by atomic mass is 32.2. The second kappa shape index (κ2) is 8.72. The average molecular weight is 442 g/mol. The van der Waals surface area contributed by atoms with Gasteiger partial charge < -0.3 is 15.4 Å². The van der Waals surface area contributed by atoms with Crippen LogP contribution in [0.25, 0.3) is 0 Å². The molecule has 4 saturated heterocycles. The molecule has 0 aromatic heterocycles. The quantitative estimate of drug-likeness (QED) is 0.581. The third-order valence-electron chi connectivity index (χ3n) is 7.21. The van der Waals surface area contributed by atoms with Crippen molar-refractivity contribution in [1.82, 2.24) is 14.1 Å². The number of nitrogens with zero attached hydrogens (tertiary/aromatic N) is 3. The van der Waals surface area contributed by atoms with E-state index in [1.807, 2.05) is 0 Å². The summed E-state index contributed by atoms with van der Waals surface area (Å²) in [4.78, 5) is 28.4. The van der Waals surface area contributed by atoms with Gasteiger partial charge in [0.15, 0.2) is 0 Å². The molecule has 1 radical (unpaired) electrons. The summed E-state index contributed by atoms with van der Waals surface area (Å²) in [5, 5.41) is 0. The van der Waals surface area contributed by atoms with Gasteiger partial charge in [0.25, 0.3) is 5.91 Å². The number of nitrogens with two attached hydrogens (primary N) is 1. The zero-order chi connectivity index (χ0) is 21.4. The number of fused-ring (bicyclic) bond motifs is 2. The van der Waals surface area contributed by atoms with Crippen LogP contribution in [0.15, 0.2) is 0 Å². The van der Waals surface area contributed by atoms with Crippen LogP contribution in [0.4, 0.5) is 0 Å². The molecule has 0 saturated carbocycles. The maximum atomic E-state index is 12.8. The van der Waals surface area contributed by atoms with E-state index in [4.69, 9.17) is 10.5 Å². The average Bonchev–Trinajstić information content (AvgIpc) is 3.32. The van der Waals surface area contributed by atoms with Gasteiger partial charge in [-0.2, -0.15) is 4.31 Å². The number of primary amides is 1. The predicted molar refractivity (Wildman–Crippen MR) is 111 cm³/mol. The standard InChI is InChI=1S/C20H33N4O5S/c21-19(26)20-7-1-4-16(6-8-20)24(20)9-3-15-30(27,28)23-12-10-22(11-13-23)18(25)17-5-2-14-29-17/h1,16-17H,2-15H2,(H2,21,26)/t16-,17?,20+/m1/s1. The lowest BCUT2D eigenvalue weighted by Crippen LogP contribution is -2.58. The normalized spacial score (nSPS) is 33.1. The van der Waals surface area contributed by atoms with Gasteiger partial charge in [-0.15, -0.1) is 0 Å². The molecule has 4 aliphatic rings. The number of hydrogen-bond acceptors (Lipinski definition) is 6. The first-order chi connectivity index (χ1) is 14.3. The van der Waals surface area contributed by atoms with Crippen LogP contribution in [0.2, 0.25) is 0 Å². The predicted octanol–water partition coefficient (Wildman–Crippen LogP) is -0.284. The Bertz CT molecular complexity index is 757. The molecule has 2 bridgehead atoms. The van der Waals surface area contributed by atoms with Crippen molar-refractivity contribution in [3.05, 3.63) is 6.42 Å². The summed E-state index contributed by atoms with van der Waals surface area (Å²) in [5.74, 6) is -0.261. The highest BCUT2D eigenvalue weighted by Gasteiger charge is 2.52. The molecule has 0 aromatic carbocycles. The third-order valence-corrected chi connectivity index (χ3v) is 9.17. The summed E-state index contributed by atoms with van der Waals surface area (Å²) in [6, 6.07) is 0.293. The van der Waals surface area contributed by atoms with Crippen molar-refractivity contribution in [3.63, 3.8) is 0 Å². The highest BCUT2D eigenvalue weighted by molar-refractivity contribution is 7.89. The van der Waals surface area contributed by atoms with Crippen LogP contribution in [0.1, 0.15) is 44.9 Å². The molecule has 4 heterocycles. The Morgan fingerprint density at radius 1 is 1.17 bits per heavy atom. The maximum absolute atomic E-state index is 12.8. The largest absolute Gasteiger partial charge is 0.368 e. The number of rotatable bonds is 7. The first-order valence-corrected chi connectivity index (χ1v) is 12.7. The van der Waals surface area contributed by atoms with E-state index in [1.54, 1.807) is 4.90 Å². The molecule has 0 aromatic rings. The van der Waals surface area contributed by atoms with Crippen molar-refractivity contribution in [2.45, 2.75) is 62.6 Å². The summed E-state index contributed by atoms with van der Waals surface area (Å²) < 4.78 is 32.6. The molecule has 9 nitrogen and oxygen atoms in total. The van der Waals surface area contributed by atoms with Gasteiger partial charge >= 0.3 is 0 Å².